The first-order valence-electron chi connectivity index (χ1n) is 4.50. The molecule has 0 spiro atoms. The first-order chi connectivity index (χ1) is 6.72. The highest BCUT2D eigenvalue weighted by molar-refractivity contribution is 8.68. The van der Waals surface area contributed by atoms with Crippen molar-refractivity contribution < 1.29 is 0 Å². The smallest absolute Gasteiger partial charge is 0.108 e. The Balaban J connectivity index is 2.63. The number of hydrogen-bond acceptors (Lipinski definition) is 3. The zero-order valence-electron chi connectivity index (χ0n) is 8.14. The molecule has 0 aliphatic rings. The Morgan fingerprint density at radius 2 is 2.29 bits per heavy atom. The fourth-order valence-electron chi connectivity index (χ4n) is 1.53. The molecule has 0 fully saturated rings. The van der Waals surface area contributed by atoms with Crippen LogP contribution in [0.2, 0.25) is 0 Å². The van der Waals surface area contributed by atoms with E-state index in [2.05, 4.69) is 53.4 Å². The van der Waals surface area contributed by atoms with Crippen LogP contribution >= 0.6 is 22.5 Å². The highest BCUT2D eigenvalue weighted by Gasteiger charge is 2.05. The van der Waals surface area contributed by atoms with Gasteiger partial charge in [0.2, 0.25) is 0 Å². The van der Waals surface area contributed by atoms with Gasteiger partial charge in [-0.3, -0.25) is 0 Å². The molecule has 14 heavy (non-hydrogen) atoms. The molecule has 2 heterocycles. The Kier molecular flexibility index (Phi) is 2.74. The molecular formula is C10H12N2S2. The topological polar surface area (TPSA) is 17.8 Å². The summed E-state index contributed by atoms with van der Waals surface area (Å²) in [6.07, 6.45) is 4.00. The van der Waals surface area contributed by atoms with Crippen molar-refractivity contribution in [2.45, 2.75) is 24.9 Å². The Hall–Kier alpha value is -0.610. The third-order valence-corrected chi connectivity index (χ3v) is 3.20. The van der Waals surface area contributed by atoms with Crippen molar-refractivity contribution in [3.8, 4) is 0 Å². The molecule has 0 unspecified atom stereocenters. The molecule has 0 radical (unpaired) electrons. The fourth-order valence-corrected chi connectivity index (χ4v) is 2.09. The highest BCUT2D eigenvalue weighted by Crippen LogP contribution is 2.25. The van der Waals surface area contributed by atoms with E-state index in [9.17, 15) is 0 Å². The lowest BCUT2D eigenvalue weighted by atomic mass is 10.3. The zero-order chi connectivity index (χ0) is 10.1. The van der Waals surface area contributed by atoms with Crippen LogP contribution in [0.5, 0.6) is 0 Å². The molecule has 0 saturated carbocycles. The summed E-state index contributed by atoms with van der Waals surface area (Å²) in [7, 11) is 1.38. The van der Waals surface area contributed by atoms with E-state index >= 15 is 0 Å². The molecular weight excluding hydrogens is 212 g/mol. The Morgan fingerprint density at radius 1 is 1.50 bits per heavy atom. The van der Waals surface area contributed by atoms with Gasteiger partial charge in [0.1, 0.15) is 5.03 Å². The van der Waals surface area contributed by atoms with Crippen LogP contribution in [-0.2, 0) is 0 Å². The third-order valence-electron chi connectivity index (χ3n) is 2.23. The average Bonchev–Trinajstić information content (AvgIpc) is 2.59. The minimum Gasteiger partial charge on any atom is -0.345 e. The van der Waals surface area contributed by atoms with Crippen molar-refractivity contribution in [3.63, 3.8) is 0 Å². The number of fused-ring (bicyclic) bond motifs is 1. The van der Waals surface area contributed by atoms with Crippen molar-refractivity contribution in [3.05, 3.63) is 24.5 Å². The monoisotopic (exact) mass is 224 g/mol. The van der Waals surface area contributed by atoms with E-state index in [0.29, 0.717) is 6.04 Å². The molecule has 2 aromatic heterocycles. The van der Waals surface area contributed by atoms with E-state index in [1.165, 1.54) is 21.7 Å². The molecule has 0 atom stereocenters. The second-order valence-corrected chi connectivity index (χ2v) is 4.64. The number of hydrogen-bond donors (Lipinski definition) is 1. The van der Waals surface area contributed by atoms with Crippen molar-refractivity contribution in [2.75, 3.05) is 0 Å². The third kappa shape index (κ3) is 1.64. The van der Waals surface area contributed by atoms with E-state index in [-0.39, 0.29) is 0 Å². The summed E-state index contributed by atoms with van der Waals surface area (Å²) in [5.41, 5.74) is 1.23. The van der Waals surface area contributed by atoms with Crippen molar-refractivity contribution in [2.24, 2.45) is 0 Å². The molecule has 0 amide bonds. The summed E-state index contributed by atoms with van der Waals surface area (Å²) in [5.74, 6) is 0. The summed E-state index contributed by atoms with van der Waals surface area (Å²) >= 11 is 4.15. The normalized spacial score (nSPS) is 11.4. The largest absolute Gasteiger partial charge is 0.345 e. The van der Waals surface area contributed by atoms with E-state index < -0.39 is 0 Å². The Bertz CT molecular complexity index is 448. The molecule has 0 aliphatic heterocycles. The summed E-state index contributed by atoms with van der Waals surface area (Å²) in [6.45, 7) is 4.35. The van der Waals surface area contributed by atoms with Crippen LogP contribution in [0.1, 0.15) is 19.9 Å². The number of aromatic nitrogens is 2. The maximum Gasteiger partial charge on any atom is 0.108 e. The van der Waals surface area contributed by atoms with Gasteiger partial charge in [0.25, 0.3) is 0 Å². The van der Waals surface area contributed by atoms with Gasteiger partial charge in [0, 0.05) is 23.8 Å². The molecule has 0 aliphatic carbocycles. The van der Waals surface area contributed by atoms with E-state index in [1.807, 2.05) is 6.20 Å². The minimum absolute atomic E-state index is 0.479. The van der Waals surface area contributed by atoms with Gasteiger partial charge in [-0.2, -0.15) is 0 Å². The Morgan fingerprint density at radius 3 is 2.93 bits per heavy atom. The standard InChI is InChI=1S/C10H12N2S2/c1-7(2)12-4-3-8-6-11-10(14-13)5-9(8)12/h3-7,13H,1-2H3. The van der Waals surface area contributed by atoms with Crippen molar-refractivity contribution >= 4 is 33.4 Å². The first kappa shape index (κ1) is 9.93. The van der Waals surface area contributed by atoms with Crippen LogP contribution in [0.15, 0.2) is 29.6 Å². The lowest BCUT2D eigenvalue weighted by molar-refractivity contribution is 0.622. The number of nitrogens with zero attached hydrogens (tertiary/aromatic N) is 2. The quantitative estimate of drug-likeness (QED) is 0.621. The van der Waals surface area contributed by atoms with Crippen LogP contribution < -0.4 is 0 Å². The average molecular weight is 224 g/mol. The maximum atomic E-state index is 4.27. The van der Waals surface area contributed by atoms with E-state index in [0.717, 1.165) is 5.03 Å². The van der Waals surface area contributed by atoms with Gasteiger partial charge in [-0.1, -0.05) is 0 Å². The molecule has 0 saturated heterocycles. The van der Waals surface area contributed by atoms with Gasteiger partial charge in [-0.25, -0.2) is 4.98 Å². The molecule has 4 heteroatoms. The van der Waals surface area contributed by atoms with Crippen LogP contribution in [0.3, 0.4) is 0 Å². The minimum atomic E-state index is 0.479. The second kappa shape index (κ2) is 3.87. The maximum absolute atomic E-state index is 4.27. The van der Waals surface area contributed by atoms with Crippen LogP contribution in [0.4, 0.5) is 0 Å². The number of rotatable bonds is 2. The molecule has 0 N–H and O–H groups in total. The molecule has 0 bridgehead atoms. The SMILES string of the molecule is CC(C)n1ccc2cnc(SS)cc21. The highest BCUT2D eigenvalue weighted by atomic mass is 33.1. The van der Waals surface area contributed by atoms with Crippen LogP contribution in [-0.4, -0.2) is 9.55 Å². The Labute approximate surface area is 92.5 Å². The lowest BCUT2D eigenvalue weighted by Crippen LogP contribution is -1.97. The summed E-state index contributed by atoms with van der Waals surface area (Å²) in [4.78, 5) is 4.27. The second-order valence-electron chi connectivity index (χ2n) is 3.49. The van der Waals surface area contributed by atoms with E-state index in [4.69, 9.17) is 0 Å². The van der Waals surface area contributed by atoms with E-state index in [1.54, 1.807) is 0 Å². The van der Waals surface area contributed by atoms with Gasteiger partial charge in [0.05, 0.1) is 5.52 Å². The van der Waals surface area contributed by atoms with Crippen molar-refractivity contribution in [1.82, 2.24) is 9.55 Å². The molecule has 2 rings (SSSR count). The summed E-state index contributed by atoms with van der Waals surface area (Å²) < 4.78 is 2.24. The number of pyridine rings is 1. The van der Waals surface area contributed by atoms with Crippen molar-refractivity contribution in [1.29, 1.82) is 0 Å². The van der Waals surface area contributed by atoms with Gasteiger partial charge >= 0.3 is 0 Å². The molecule has 74 valence electrons. The van der Waals surface area contributed by atoms with Gasteiger partial charge in [0.15, 0.2) is 0 Å². The van der Waals surface area contributed by atoms with Gasteiger partial charge in [-0.15, -0.1) is 11.7 Å². The summed E-state index contributed by atoms with van der Waals surface area (Å²) in [5, 5.41) is 2.13. The van der Waals surface area contributed by atoms with Gasteiger partial charge < -0.3 is 4.57 Å². The molecule has 2 nitrogen and oxygen atoms in total. The fraction of sp³-hybridized carbons (Fsp3) is 0.300. The first-order valence-corrected chi connectivity index (χ1v) is 6.37. The zero-order valence-corrected chi connectivity index (χ0v) is 9.85. The predicted octanol–water partition coefficient (Wildman–Crippen LogP) is 3.55. The van der Waals surface area contributed by atoms with Crippen LogP contribution in [0.25, 0.3) is 10.9 Å². The molecule has 0 aromatic carbocycles. The lowest BCUT2D eigenvalue weighted by Gasteiger charge is -2.09. The predicted molar refractivity (Wildman–Crippen MR) is 65.0 cm³/mol. The number of thiol groups is 1. The van der Waals surface area contributed by atoms with Crippen LogP contribution in [0, 0.1) is 0 Å². The van der Waals surface area contributed by atoms with Gasteiger partial charge in [-0.05, 0) is 36.8 Å². The summed E-state index contributed by atoms with van der Waals surface area (Å²) in [6, 6.07) is 4.65. The molecule has 2 aromatic rings.